The van der Waals surface area contributed by atoms with Gasteiger partial charge in [0.1, 0.15) is 0 Å². The molecule has 0 aliphatic carbocycles. The molecule has 0 unspecified atom stereocenters. The minimum atomic E-state index is -0.00888. The fraction of sp³-hybridized carbons (Fsp3) is 0. The molecule has 0 aliphatic rings. The molecule has 40 heavy (non-hydrogen) atoms. The lowest BCUT2D eigenvalue weighted by molar-refractivity contribution is 1.06. The van der Waals surface area contributed by atoms with E-state index in [1.807, 2.05) is 71.3 Å². The maximum absolute atomic E-state index is 13.6. The summed E-state index contributed by atoms with van der Waals surface area (Å²) in [6.45, 7) is 0. The van der Waals surface area contributed by atoms with Crippen molar-refractivity contribution in [2.75, 3.05) is 4.90 Å². The van der Waals surface area contributed by atoms with E-state index in [2.05, 4.69) is 95.9 Å². The Bertz CT molecular complexity index is 1970. The van der Waals surface area contributed by atoms with Gasteiger partial charge in [-0.1, -0.05) is 91.0 Å². The Morgan fingerprint density at radius 2 is 0.975 bits per heavy atom. The van der Waals surface area contributed by atoms with Crippen molar-refractivity contribution in [2.24, 2.45) is 0 Å². The lowest BCUT2D eigenvalue weighted by atomic mass is 9.99. The number of fused-ring (bicyclic) bond motifs is 3. The second-order valence-corrected chi connectivity index (χ2v) is 9.81. The van der Waals surface area contributed by atoms with E-state index in [1.165, 1.54) is 0 Å². The molecule has 0 N–H and O–H groups in total. The summed E-state index contributed by atoms with van der Waals surface area (Å²) in [5.41, 5.74) is 7.23. The van der Waals surface area contributed by atoms with Crippen LogP contribution in [0.1, 0.15) is 0 Å². The Hall–Kier alpha value is -5.41. The van der Waals surface area contributed by atoms with Crippen molar-refractivity contribution in [1.29, 1.82) is 0 Å². The molecule has 1 heterocycles. The summed E-state index contributed by atoms with van der Waals surface area (Å²) < 4.78 is 1.82. The van der Waals surface area contributed by atoms with E-state index in [0.29, 0.717) is 5.39 Å². The number of pyridine rings is 1. The van der Waals surface area contributed by atoms with Crippen LogP contribution in [0.3, 0.4) is 0 Å². The summed E-state index contributed by atoms with van der Waals surface area (Å²) in [7, 11) is 0. The molecule has 0 saturated carbocycles. The van der Waals surface area contributed by atoms with Gasteiger partial charge in [0.25, 0.3) is 5.56 Å². The average molecular weight is 515 g/mol. The van der Waals surface area contributed by atoms with E-state index in [9.17, 15) is 4.79 Å². The molecule has 0 bridgehead atoms. The molecule has 0 saturated heterocycles. The molecule has 0 atom stereocenters. The molecular weight excluding hydrogens is 488 g/mol. The van der Waals surface area contributed by atoms with Gasteiger partial charge in [-0.2, -0.15) is 0 Å². The molecule has 6 aromatic carbocycles. The Morgan fingerprint density at radius 3 is 1.65 bits per heavy atom. The van der Waals surface area contributed by atoms with Crippen LogP contribution < -0.4 is 10.5 Å². The van der Waals surface area contributed by atoms with Crippen LogP contribution in [0.25, 0.3) is 38.5 Å². The second kappa shape index (κ2) is 10.0. The van der Waals surface area contributed by atoms with Gasteiger partial charge in [0.05, 0.1) is 5.52 Å². The predicted molar refractivity (Wildman–Crippen MR) is 167 cm³/mol. The maximum atomic E-state index is 13.6. The topological polar surface area (TPSA) is 25.2 Å². The Balaban J connectivity index is 1.42. The monoisotopic (exact) mass is 514 g/mol. The normalized spacial score (nSPS) is 11.1. The number of nitrogens with zero attached hydrogens (tertiary/aromatic N) is 2. The van der Waals surface area contributed by atoms with Crippen molar-refractivity contribution in [3.8, 4) is 16.8 Å². The maximum Gasteiger partial charge on any atom is 0.263 e. The largest absolute Gasteiger partial charge is 0.310 e. The third-order valence-electron chi connectivity index (χ3n) is 7.37. The summed E-state index contributed by atoms with van der Waals surface area (Å²) in [5.74, 6) is 0. The zero-order valence-corrected chi connectivity index (χ0v) is 21.8. The van der Waals surface area contributed by atoms with Crippen molar-refractivity contribution in [3.05, 3.63) is 168 Å². The first kappa shape index (κ1) is 23.7. The first-order valence-electron chi connectivity index (χ1n) is 13.4. The van der Waals surface area contributed by atoms with Gasteiger partial charge in [-0.25, -0.2) is 0 Å². The molecule has 0 amide bonds. The lowest BCUT2D eigenvalue weighted by Crippen LogP contribution is -2.19. The summed E-state index contributed by atoms with van der Waals surface area (Å²) >= 11 is 0. The lowest BCUT2D eigenvalue weighted by Gasteiger charge is -2.26. The van der Waals surface area contributed by atoms with Gasteiger partial charge < -0.3 is 4.90 Å². The summed E-state index contributed by atoms with van der Waals surface area (Å²) in [6.07, 6.45) is 0. The van der Waals surface area contributed by atoms with E-state index in [4.69, 9.17) is 0 Å². The van der Waals surface area contributed by atoms with Crippen LogP contribution in [0, 0.1) is 0 Å². The molecule has 1 aromatic heterocycles. The summed E-state index contributed by atoms with van der Waals surface area (Å²) in [4.78, 5) is 15.9. The van der Waals surface area contributed by atoms with Crippen LogP contribution in [0.2, 0.25) is 0 Å². The number of hydrogen-bond donors (Lipinski definition) is 0. The minimum Gasteiger partial charge on any atom is -0.310 e. The van der Waals surface area contributed by atoms with E-state index < -0.39 is 0 Å². The fourth-order valence-electron chi connectivity index (χ4n) is 5.52. The number of aromatic nitrogens is 1. The molecular formula is C37H26N2O. The quantitative estimate of drug-likeness (QED) is 0.214. The third kappa shape index (κ3) is 4.14. The zero-order valence-electron chi connectivity index (χ0n) is 21.8. The highest BCUT2D eigenvalue weighted by atomic mass is 16.1. The molecule has 190 valence electrons. The fourth-order valence-corrected chi connectivity index (χ4v) is 5.52. The molecule has 7 aromatic rings. The Labute approximate surface area is 232 Å². The average Bonchev–Trinajstić information content (AvgIpc) is 3.03. The zero-order chi connectivity index (χ0) is 26.9. The van der Waals surface area contributed by atoms with Gasteiger partial charge >= 0.3 is 0 Å². The minimum absolute atomic E-state index is 0.00888. The number of rotatable bonds is 5. The van der Waals surface area contributed by atoms with Gasteiger partial charge in [0.2, 0.25) is 0 Å². The predicted octanol–water partition coefficient (Wildman–Crippen LogP) is 9.28. The summed E-state index contributed by atoms with van der Waals surface area (Å²) in [5, 5.41) is 2.72. The van der Waals surface area contributed by atoms with Crippen molar-refractivity contribution >= 4 is 38.7 Å². The smallest absolute Gasteiger partial charge is 0.263 e. The van der Waals surface area contributed by atoms with Crippen LogP contribution in [-0.4, -0.2) is 4.57 Å². The van der Waals surface area contributed by atoms with E-state index in [0.717, 1.165) is 50.2 Å². The van der Waals surface area contributed by atoms with Crippen molar-refractivity contribution in [3.63, 3.8) is 0 Å². The first-order chi connectivity index (χ1) is 19.8. The second-order valence-electron chi connectivity index (χ2n) is 9.81. The van der Waals surface area contributed by atoms with Gasteiger partial charge in [0, 0.05) is 33.5 Å². The Kier molecular flexibility index (Phi) is 5.95. The number of para-hydroxylation sites is 3. The highest BCUT2D eigenvalue weighted by Gasteiger charge is 2.15. The SMILES string of the molecule is O=c1c2ccccc2c2cc(-c3cccc(N(c4ccccc4)c4ccccc4)c3)ccc2n1-c1ccccc1. The molecule has 0 radical (unpaired) electrons. The first-order valence-corrected chi connectivity index (χ1v) is 13.4. The molecule has 3 heteroatoms. The molecule has 7 rings (SSSR count). The van der Waals surface area contributed by atoms with Crippen LogP contribution in [0.5, 0.6) is 0 Å². The van der Waals surface area contributed by atoms with E-state index in [1.54, 1.807) is 0 Å². The van der Waals surface area contributed by atoms with Crippen LogP contribution in [-0.2, 0) is 0 Å². The van der Waals surface area contributed by atoms with Gasteiger partial charge in [-0.05, 0) is 83.2 Å². The summed E-state index contributed by atoms with van der Waals surface area (Å²) in [6, 6.07) is 53.6. The highest BCUT2D eigenvalue weighted by Crippen LogP contribution is 2.37. The number of hydrogen-bond acceptors (Lipinski definition) is 2. The molecule has 0 fully saturated rings. The van der Waals surface area contributed by atoms with Gasteiger partial charge in [0.15, 0.2) is 0 Å². The number of benzene rings is 6. The van der Waals surface area contributed by atoms with Crippen molar-refractivity contribution < 1.29 is 0 Å². The van der Waals surface area contributed by atoms with E-state index in [-0.39, 0.29) is 5.56 Å². The van der Waals surface area contributed by atoms with Crippen LogP contribution in [0.15, 0.2) is 163 Å². The van der Waals surface area contributed by atoms with Crippen molar-refractivity contribution in [2.45, 2.75) is 0 Å². The standard InChI is InChI=1S/C37H26N2O/c40-37-34-22-11-10-21-33(34)35-26-28(23-24-36(35)39(37)31-18-8-3-9-19-31)27-13-12-20-32(25-27)38(29-14-4-1-5-15-29)30-16-6-2-7-17-30/h1-26H. The van der Waals surface area contributed by atoms with Crippen LogP contribution in [0.4, 0.5) is 17.1 Å². The third-order valence-corrected chi connectivity index (χ3v) is 7.37. The number of anilines is 3. The van der Waals surface area contributed by atoms with Gasteiger partial charge in [-0.15, -0.1) is 0 Å². The van der Waals surface area contributed by atoms with Gasteiger partial charge in [-0.3, -0.25) is 9.36 Å². The molecule has 0 aliphatic heterocycles. The van der Waals surface area contributed by atoms with Crippen molar-refractivity contribution in [1.82, 2.24) is 4.57 Å². The van der Waals surface area contributed by atoms with Crippen LogP contribution >= 0.6 is 0 Å². The molecule has 3 nitrogen and oxygen atoms in total. The highest BCUT2D eigenvalue weighted by molar-refractivity contribution is 6.07. The molecule has 0 spiro atoms. The van der Waals surface area contributed by atoms with E-state index >= 15 is 0 Å². The Morgan fingerprint density at radius 1 is 0.425 bits per heavy atom.